The summed E-state index contributed by atoms with van der Waals surface area (Å²) in [5.74, 6) is 0.652. The topological polar surface area (TPSA) is 76.4 Å². The molecule has 6 heteroatoms. The van der Waals surface area contributed by atoms with Crippen LogP contribution < -0.4 is 34.3 Å². The zero-order valence-electron chi connectivity index (χ0n) is 7.52. The van der Waals surface area contributed by atoms with E-state index in [1.165, 1.54) is 19.2 Å². The van der Waals surface area contributed by atoms with Gasteiger partial charge in [0.15, 0.2) is 0 Å². The fourth-order valence-electron chi connectivity index (χ4n) is 0.687. The maximum atomic E-state index is 10.4. The number of hydrogen-bond donors (Lipinski definition) is 0. The fourth-order valence-corrected chi connectivity index (χ4v) is 1.05. The van der Waals surface area contributed by atoms with Gasteiger partial charge in [0.2, 0.25) is 0 Å². The van der Waals surface area contributed by atoms with Crippen molar-refractivity contribution in [3.05, 3.63) is 24.3 Å². The summed E-state index contributed by atoms with van der Waals surface area (Å²) >= 11 is 0. The van der Waals surface area contributed by atoms with Crippen LogP contribution in [0.3, 0.4) is 0 Å². The predicted octanol–water partition coefficient (Wildman–Crippen LogP) is -2.55. The molecule has 0 saturated carbocycles. The van der Waals surface area contributed by atoms with Gasteiger partial charge in [-0.2, -0.15) is 0 Å². The fraction of sp³-hybridized carbons (Fsp3) is 0.143. The normalized spacial score (nSPS) is 8.46. The van der Waals surface area contributed by atoms with Gasteiger partial charge in [-0.05, 0) is 22.8 Å². The van der Waals surface area contributed by atoms with Crippen LogP contribution >= 0.6 is 0 Å². The van der Waals surface area contributed by atoms with Gasteiger partial charge in [0.1, 0.15) is 5.75 Å². The van der Waals surface area contributed by atoms with Crippen LogP contribution in [0.15, 0.2) is 29.2 Å². The second kappa shape index (κ2) is 7.34. The van der Waals surface area contributed by atoms with Crippen molar-refractivity contribution >= 4 is 10.7 Å². The smallest absolute Gasteiger partial charge is 0.497 e. The van der Waals surface area contributed by atoms with Gasteiger partial charge in [0.05, 0.1) is 7.11 Å². The first kappa shape index (κ1) is 15.4. The Bertz CT molecular complexity index is 299. The molecule has 0 aromatic heterocycles. The minimum Gasteiger partial charge on any atom is -0.497 e. The van der Waals surface area contributed by atoms with E-state index in [0.29, 0.717) is 5.75 Å². The van der Waals surface area contributed by atoms with E-state index < -0.39 is 10.7 Å². The molecule has 0 amide bonds. The molecule has 0 heterocycles. The molecule has 3 N–H and O–H groups in total. The zero-order chi connectivity index (χ0) is 8.27. The van der Waals surface area contributed by atoms with Gasteiger partial charge in [-0.25, -0.2) is 0 Å². The molecule has 1 rings (SSSR count). The molecule has 13 heavy (non-hydrogen) atoms. The third-order valence-electron chi connectivity index (χ3n) is 1.25. The molecular weight excluding hydrogens is 203 g/mol. The molecule has 0 aliphatic carbocycles. The molecule has 0 aliphatic rings. The number of hydrogen-bond acceptors (Lipinski definition) is 4. The van der Waals surface area contributed by atoms with Gasteiger partial charge in [-0.1, -0.05) is 17.0 Å². The summed E-state index contributed by atoms with van der Waals surface area (Å²) in [6.45, 7) is 0. The van der Waals surface area contributed by atoms with E-state index in [4.69, 9.17) is 4.74 Å². The second-order valence-electron chi connectivity index (χ2n) is 1.91. The van der Waals surface area contributed by atoms with Gasteiger partial charge in [0.25, 0.3) is 0 Å². The minimum atomic E-state index is -2.14. The third kappa shape index (κ3) is 4.64. The number of ether oxygens (including phenoxy) is 1. The quantitative estimate of drug-likeness (QED) is 0.308. The van der Waals surface area contributed by atoms with E-state index in [1.807, 2.05) is 0 Å². The largest absolute Gasteiger partial charge is 1.00 e. The molecule has 0 unspecified atom stereocenters. The molecule has 0 aliphatic heterocycles. The minimum absolute atomic E-state index is 0. The summed E-state index contributed by atoms with van der Waals surface area (Å²) in [7, 11) is -0.614. The van der Waals surface area contributed by atoms with E-state index in [0.717, 1.165) is 0 Å². The average Bonchev–Trinajstić information content (AvgIpc) is 2.05. The van der Waals surface area contributed by atoms with Crippen molar-refractivity contribution in [3.63, 3.8) is 0 Å². The zero-order valence-corrected chi connectivity index (χ0v) is 10.3. The molecule has 1 aromatic carbocycles. The Balaban J connectivity index is 0. The third-order valence-corrected chi connectivity index (χ3v) is 1.91. The van der Waals surface area contributed by atoms with Crippen molar-refractivity contribution in [1.82, 2.24) is 0 Å². The molecule has 4 nitrogen and oxygen atoms in total. The summed E-state index contributed by atoms with van der Waals surface area (Å²) in [5.41, 5.74) is 0. The van der Waals surface area contributed by atoms with Crippen LogP contribution in [0.4, 0.5) is 0 Å². The SMILES string of the molecule is COc1ccc([S-](=O)=O)cc1.[Na+].[OH3+]. The van der Waals surface area contributed by atoms with Crippen molar-refractivity contribution < 1.29 is 48.2 Å². The van der Waals surface area contributed by atoms with Crippen LogP contribution in [0.1, 0.15) is 0 Å². The van der Waals surface area contributed by atoms with E-state index in [1.54, 1.807) is 12.1 Å². The Morgan fingerprint density at radius 2 is 1.62 bits per heavy atom. The Labute approximate surface area is 100 Å². The summed E-state index contributed by atoms with van der Waals surface area (Å²) < 4.78 is 25.6. The van der Waals surface area contributed by atoms with Crippen molar-refractivity contribution in [2.75, 3.05) is 7.11 Å². The Hall–Kier alpha value is -0.0700. The number of rotatable bonds is 2. The van der Waals surface area contributed by atoms with E-state index >= 15 is 0 Å². The molecule has 0 bridgehead atoms. The van der Waals surface area contributed by atoms with Crippen LogP contribution in [0.25, 0.3) is 0 Å². The van der Waals surface area contributed by atoms with Gasteiger partial charge < -0.3 is 18.6 Å². The van der Waals surface area contributed by atoms with E-state index in [2.05, 4.69) is 0 Å². The van der Waals surface area contributed by atoms with Crippen LogP contribution in [-0.2, 0) is 24.6 Å². The molecule has 0 fully saturated rings. The van der Waals surface area contributed by atoms with Crippen LogP contribution in [-0.4, -0.2) is 7.11 Å². The van der Waals surface area contributed by atoms with Gasteiger partial charge in [-0.15, -0.1) is 0 Å². The molecule has 0 spiro atoms. The van der Waals surface area contributed by atoms with Crippen LogP contribution in [0.2, 0.25) is 0 Å². The van der Waals surface area contributed by atoms with E-state index in [-0.39, 0.29) is 39.9 Å². The summed E-state index contributed by atoms with van der Waals surface area (Å²) in [6, 6.07) is 6.18. The Kier molecular flexibility index (Phi) is 8.70. The standard InChI is InChI=1S/C7H7O3S.Na.H2O/c1-10-6-2-4-7(5-3-6)11(8)9;;/h2-5H,1H3;;1H2/q-1;+1;/p+1. The van der Waals surface area contributed by atoms with Gasteiger partial charge in [-0.3, -0.25) is 0 Å². The second-order valence-corrected chi connectivity index (χ2v) is 2.85. The summed E-state index contributed by atoms with van der Waals surface area (Å²) in [4.78, 5) is 0.269. The average molecular weight is 213 g/mol. The number of methoxy groups -OCH3 is 1. The predicted molar refractivity (Wildman–Crippen MR) is 44.9 cm³/mol. The first-order valence-corrected chi connectivity index (χ1v) is 4.05. The van der Waals surface area contributed by atoms with Crippen LogP contribution in [0.5, 0.6) is 5.75 Å². The first-order chi connectivity index (χ1) is 5.24. The molecule has 68 valence electrons. The molecular formula is C7H10NaO4S+. The summed E-state index contributed by atoms with van der Waals surface area (Å²) in [5, 5.41) is 0. The monoisotopic (exact) mass is 213 g/mol. The van der Waals surface area contributed by atoms with Crippen molar-refractivity contribution in [2.24, 2.45) is 0 Å². The van der Waals surface area contributed by atoms with Gasteiger partial charge >= 0.3 is 29.6 Å². The van der Waals surface area contributed by atoms with E-state index in [9.17, 15) is 8.42 Å². The maximum absolute atomic E-state index is 10.4. The molecule has 0 radical (unpaired) electrons. The number of benzene rings is 1. The van der Waals surface area contributed by atoms with Crippen LogP contribution in [0, 0.1) is 0 Å². The summed E-state index contributed by atoms with van der Waals surface area (Å²) in [6.07, 6.45) is 0. The Morgan fingerprint density at radius 3 is 1.92 bits per heavy atom. The van der Waals surface area contributed by atoms with Crippen molar-refractivity contribution in [2.45, 2.75) is 4.90 Å². The molecule has 1 aromatic rings. The van der Waals surface area contributed by atoms with Crippen molar-refractivity contribution in [1.29, 1.82) is 0 Å². The molecule has 0 atom stereocenters. The van der Waals surface area contributed by atoms with Gasteiger partial charge in [0, 0.05) is 0 Å². The molecule has 0 saturated heterocycles. The first-order valence-electron chi connectivity index (χ1n) is 2.97. The maximum Gasteiger partial charge on any atom is 1.00 e. The Morgan fingerprint density at radius 1 is 1.15 bits per heavy atom. The van der Waals surface area contributed by atoms with Crippen molar-refractivity contribution in [3.8, 4) is 5.75 Å².